The number of carbonyl (C=O) groups excluding carboxylic acids is 1. The van der Waals surface area contributed by atoms with E-state index in [1.807, 2.05) is 6.07 Å². The maximum atomic E-state index is 12.4. The van der Waals surface area contributed by atoms with Crippen LogP contribution in [0.1, 0.15) is 30.1 Å². The maximum absolute atomic E-state index is 12.4. The van der Waals surface area contributed by atoms with Crippen LogP contribution in [0.25, 0.3) is 5.65 Å². The lowest BCUT2D eigenvalue weighted by Gasteiger charge is -2.25. The Morgan fingerprint density at radius 2 is 2.04 bits per heavy atom. The van der Waals surface area contributed by atoms with Crippen molar-refractivity contribution in [1.29, 1.82) is 0 Å². The fourth-order valence-electron chi connectivity index (χ4n) is 2.61. The van der Waals surface area contributed by atoms with E-state index in [-0.39, 0.29) is 13.2 Å². The molecule has 3 N–H and O–H groups in total. The average Bonchev–Trinajstić information content (AvgIpc) is 3.23. The number of hydrogen-bond donors (Lipinski definition) is 3. The number of carbonyl (C=O) groups is 1. The van der Waals surface area contributed by atoms with Crippen LogP contribution in [0, 0.1) is 0 Å². The molecule has 23 heavy (non-hydrogen) atoms. The standard InChI is InChI=1S/C15H21N5O3/c1-15(9-21,10-22)18-14(23)11-8-16-20-7-4-12(17-13(11)20)19-5-2-3-6-19/h4,7-8,21-22H,2-3,5-6,9-10H2,1H3,(H,18,23). The second-order valence-corrected chi connectivity index (χ2v) is 6.14. The van der Waals surface area contributed by atoms with Crippen LogP contribution in [0.3, 0.4) is 0 Å². The van der Waals surface area contributed by atoms with Crippen molar-refractivity contribution in [3.63, 3.8) is 0 Å². The highest BCUT2D eigenvalue weighted by Gasteiger charge is 2.27. The van der Waals surface area contributed by atoms with Crippen molar-refractivity contribution in [2.24, 2.45) is 0 Å². The number of nitrogens with zero attached hydrogens (tertiary/aromatic N) is 4. The Labute approximate surface area is 133 Å². The molecule has 2 aromatic rings. The first-order valence-corrected chi connectivity index (χ1v) is 7.70. The van der Waals surface area contributed by atoms with Crippen molar-refractivity contribution in [2.75, 3.05) is 31.2 Å². The maximum Gasteiger partial charge on any atom is 0.257 e. The Kier molecular flexibility index (Phi) is 4.18. The zero-order valence-electron chi connectivity index (χ0n) is 13.1. The number of hydrogen-bond acceptors (Lipinski definition) is 6. The van der Waals surface area contributed by atoms with E-state index in [1.165, 1.54) is 6.20 Å². The zero-order chi connectivity index (χ0) is 16.4. The molecule has 1 amide bonds. The molecule has 8 heteroatoms. The summed E-state index contributed by atoms with van der Waals surface area (Å²) in [5.74, 6) is 0.410. The second-order valence-electron chi connectivity index (χ2n) is 6.14. The van der Waals surface area contributed by atoms with E-state index in [4.69, 9.17) is 0 Å². The molecule has 0 aliphatic carbocycles. The van der Waals surface area contributed by atoms with Gasteiger partial charge >= 0.3 is 0 Å². The molecule has 1 aliphatic heterocycles. The molecule has 0 aromatic carbocycles. The largest absolute Gasteiger partial charge is 0.394 e. The summed E-state index contributed by atoms with van der Waals surface area (Å²) in [5, 5.41) is 25.4. The summed E-state index contributed by atoms with van der Waals surface area (Å²) in [5.41, 5.74) is -0.304. The van der Waals surface area contributed by atoms with E-state index in [0.717, 1.165) is 31.7 Å². The van der Waals surface area contributed by atoms with Gasteiger partial charge in [-0.25, -0.2) is 9.50 Å². The highest BCUT2D eigenvalue weighted by molar-refractivity contribution is 6.00. The number of rotatable bonds is 5. The SMILES string of the molecule is CC(CO)(CO)NC(=O)c1cnn2ccc(N3CCCC3)nc12. The van der Waals surface area contributed by atoms with E-state index in [0.29, 0.717) is 11.2 Å². The number of fused-ring (bicyclic) bond motifs is 1. The number of anilines is 1. The lowest BCUT2D eigenvalue weighted by Crippen LogP contribution is -2.51. The van der Waals surface area contributed by atoms with Gasteiger partial charge in [0.15, 0.2) is 5.65 Å². The molecule has 1 saturated heterocycles. The highest BCUT2D eigenvalue weighted by Crippen LogP contribution is 2.20. The normalized spacial score (nSPS) is 15.3. The first-order chi connectivity index (χ1) is 11.1. The first kappa shape index (κ1) is 15.7. The average molecular weight is 319 g/mol. The van der Waals surface area contributed by atoms with Gasteiger partial charge in [0.25, 0.3) is 5.91 Å². The van der Waals surface area contributed by atoms with Gasteiger partial charge in [-0.05, 0) is 25.8 Å². The Morgan fingerprint density at radius 1 is 1.35 bits per heavy atom. The summed E-state index contributed by atoms with van der Waals surface area (Å²) < 4.78 is 1.55. The summed E-state index contributed by atoms with van der Waals surface area (Å²) in [6, 6.07) is 1.89. The third-order valence-electron chi connectivity index (χ3n) is 4.14. The summed E-state index contributed by atoms with van der Waals surface area (Å²) >= 11 is 0. The summed E-state index contributed by atoms with van der Waals surface area (Å²) in [6.07, 6.45) is 5.51. The van der Waals surface area contributed by atoms with Crippen molar-refractivity contribution in [1.82, 2.24) is 19.9 Å². The predicted octanol–water partition coefficient (Wildman–Crippen LogP) is -0.197. The Hall–Kier alpha value is -2.19. The number of nitrogens with one attached hydrogen (secondary N) is 1. The number of aliphatic hydroxyl groups excluding tert-OH is 2. The lowest BCUT2D eigenvalue weighted by atomic mass is 10.1. The minimum absolute atomic E-state index is 0.319. The molecule has 3 rings (SSSR count). The van der Waals surface area contributed by atoms with Crippen LogP contribution in [-0.4, -0.2) is 62.6 Å². The molecular formula is C15H21N5O3. The van der Waals surface area contributed by atoms with Gasteiger partial charge in [-0.3, -0.25) is 4.79 Å². The summed E-state index contributed by atoms with van der Waals surface area (Å²) in [6.45, 7) is 2.78. The number of amides is 1. The molecule has 0 atom stereocenters. The van der Waals surface area contributed by atoms with Crippen molar-refractivity contribution in [3.8, 4) is 0 Å². The van der Waals surface area contributed by atoms with Crippen LogP contribution in [0.2, 0.25) is 0 Å². The Balaban J connectivity index is 1.91. The number of aliphatic hydroxyl groups is 2. The first-order valence-electron chi connectivity index (χ1n) is 7.70. The molecule has 0 spiro atoms. The van der Waals surface area contributed by atoms with E-state index in [2.05, 4.69) is 20.3 Å². The fraction of sp³-hybridized carbons (Fsp3) is 0.533. The van der Waals surface area contributed by atoms with Gasteiger partial charge in [-0.2, -0.15) is 5.10 Å². The van der Waals surface area contributed by atoms with Gasteiger partial charge in [0.05, 0.1) is 24.9 Å². The van der Waals surface area contributed by atoms with Crippen molar-refractivity contribution in [3.05, 3.63) is 24.0 Å². The van der Waals surface area contributed by atoms with E-state index >= 15 is 0 Å². The molecule has 1 fully saturated rings. The third-order valence-corrected chi connectivity index (χ3v) is 4.14. The Bertz CT molecular complexity index is 704. The highest BCUT2D eigenvalue weighted by atomic mass is 16.3. The fourth-order valence-corrected chi connectivity index (χ4v) is 2.61. The van der Waals surface area contributed by atoms with Crippen molar-refractivity contribution < 1.29 is 15.0 Å². The van der Waals surface area contributed by atoms with Crippen molar-refractivity contribution in [2.45, 2.75) is 25.3 Å². The van der Waals surface area contributed by atoms with Crippen molar-refractivity contribution >= 4 is 17.4 Å². The summed E-state index contributed by atoms with van der Waals surface area (Å²) in [7, 11) is 0. The van der Waals surface area contributed by atoms with Crippen LogP contribution in [0.15, 0.2) is 18.5 Å². The smallest absolute Gasteiger partial charge is 0.257 e. The summed E-state index contributed by atoms with van der Waals surface area (Å²) in [4.78, 5) is 19.2. The zero-order valence-corrected chi connectivity index (χ0v) is 13.1. The van der Waals surface area contributed by atoms with E-state index in [1.54, 1.807) is 17.6 Å². The molecule has 0 saturated carbocycles. The molecule has 0 unspecified atom stereocenters. The van der Waals surface area contributed by atoms with E-state index in [9.17, 15) is 15.0 Å². The van der Waals surface area contributed by atoms with Crippen LogP contribution in [0.4, 0.5) is 5.82 Å². The van der Waals surface area contributed by atoms with Gasteiger partial charge in [0.1, 0.15) is 11.4 Å². The van der Waals surface area contributed by atoms with Gasteiger partial charge in [0.2, 0.25) is 0 Å². The lowest BCUT2D eigenvalue weighted by molar-refractivity contribution is 0.0725. The Morgan fingerprint density at radius 3 is 2.70 bits per heavy atom. The molecule has 0 radical (unpaired) electrons. The van der Waals surface area contributed by atoms with E-state index < -0.39 is 11.4 Å². The van der Waals surface area contributed by atoms with Gasteiger partial charge in [0, 0.05) is 19.3 Å². The predicted molar refractivity (Wildman–Crippen MR) is 84.5 cm³/mol. The molecule has 3 heterocycles. The molecule has 8 nitrogen and oxygen atoms in total. The second kappa shape index (κ2) is 6.13. The molecule has 124 valence electrons. The van der Waals surface area contributed by atoms with Crippen LogP contribution < -0.4 is 10.2 Å². The monoisotopic (exact) mass is 319 g/mol. The minimum Gasteiger partial charge on any atom is -0.394 e. The molecule has 1 aliphatic rings. The topological polar surface area (TPSA) is 103 Å². The molecule has 0 bridgehead atoms. The van der Waals surface area contributed by atoms with Crippen LogP contribution in [0.5, 0.6) is 0 Å². The number of aromatic nitrogens is 3. The minimum atomic E-state index is -1.09. The quantitative estimate of drug-likeness (QED) is 0.705. The van der Waals surface area contributed by atoms with Gasteiger partial charge in [-0.1, -0.05) is 0 Å². The van der Waals surface area contributed by atoms with Gasteiger partial charge < -0.3 is 20.4 Å². The van der Waals surface area contributed by atoms with Gasteiger partial charge in [-0.15, -0.1) is 0 Å². The molecule has 2 aromatic heterocycles. The third kappa shape index (κ3) is 2.99. The molecular weight excluding hydrogens is 298 g/mol. The van der Waals surface area contributed by atoms with Crippen LogP contribution in [-0.2, 0) is 0 Å². The van der Waals surface area contributed by atoms with Crippen LogP contribution >= 0.6 is 0 Å².